The van der Waals surface area contributed by atoms with Crippen molar-refractivity contribution in [3.05, 3.63) is 65.5 Å². The lowest BCUT2D eigenvalue weighted by Crippen LogP contribution is -2.41. The zero-order valence-electron chi connectivity index (χ0n) is 17.8. The van der Waals surface area contributed by atoms with Crippen molar-refractivity contribution in [2.24, 2.45) is 11.3 Å². The first-order valence-electron chi connectivity index (χ1n) is 11.1. The molecule has 1 saturated heterocycles. The third kappa shape index (κ3) is 4.89. The summed E-state index contributed by atoms with van der Waals surface area (Å²) in [6, 6.07) is 12.2. The lowest BCUT2D eigenvalue weighted by Gasteiger charge is -2.33. The number of rotatable bonds is 7. The highest BCUT2D eigenvalue weighted by Gasteiger charge is 2.58. The molecule has 2 aliphatic rings. The molecule has 5 heteroatoms. The van der Waals surface area contributed by atoms with Gasteiger partial charge in [0, 0.05) is 37.9 Å². The monoisotopic (exact) mass is 405 g/mol. The minimum Gasteiger partial charge on any atom is -0.356 e. The van der Waals surface area contributed by atoms with Crippen molar-refractivity contribution in [1.82, 2.24) is 15.2 Å². The number of hydrogen-bond donors (Lipinski definition) is 1. The zero-order valence-corrected chi connectivity index (χ0v) is 17.8. The van der Waals surface area contributed by atoms with E-state index in [1.165, 1.54) is 11.1 Å². The fourth-order valence-corrected chi connectivity index (χ4v) is 4.76. The smallest absolute Gasteiger partial charge is 0.226 e. The molecule has 1 atom stereocenters. The Bertz CT molecular complexity index is 888. The van der Waals surface area contributed by atoms with Gasteiger partial charge < -0.3 is 10.2 Å². The van der Waals surface area contributed by atoms with Gasteiger partial charge in [-0.15, -0.1) is 0 Å². The van der Waals surface area contributed by atoms with Gasteiger partial charge in [-0.25, -0.2) is 0 Å². The second kappa shape index (κ2) is 8.99. The number of aryl methyl sites for hydroxylation is 2. The third-order valence-corrected chi connectivity index (χ3v) is 6.75. The van der Waals surface area contributed by atoms with Gasteiger partial charge in [0.1, 0.15) is 0 Å². The fraction of sp³-hybridized carbons (Fsp3) is 0.480. The van der Waals surface area contributed by atoms with E-state index in [0.29, 0.717) is 6.42 Å². The molecule has 1 spiro atoms. The summed E-state index contributed by atoms with van der Waals surface area (Å²) in [7, 11) is 0. The van der Waals surface area contributed by atoms with Crippen molar-refractivity contribution in [2.45, 2.75) is 45.4 Å². The normalized spacial score (nSPS) is 19.5. The van der Waals surface area contributed by atoms with Crippen LogP contribution in [0.25, 0.3) is 0 Å². The summed E-state index contributed by atoms with van der Waals surface area (Å²) < 4.78 is 0. The molecule has 0 radical (unpaired) electrons. The Kier molecular flexibility index (Phi) is 6.16. The van der Waals surface area contributed by atoms with Crippen LogP contribution in [0.2, 0.25) is 0 Å². The molecule has 1 aromatic heterocycles. The highest BCUT2D eigenvalue weighted by atomic mass is 16.2. The number of likely N-dealkylation sites (tertiary alicyclic amines) is 1. The lowest BCUT2D eigenvalue weighted by atomic mass is 9.90. The maximum atomic E-state index is 12.7. The van der Waals surface area contributed by atoms with Crippen LogP contribution >= 0.6 is 0 Å². The van der Waals surface area contributed by atoms with E-state index in [0.717, 1.165) is 57.3 Å². The van der Waals surface area contributed by atoms with Crippen LogP contribution in [0.15, 0.2) is 48.8 Å². The molecule has 2 aromatic rings. The summed E-state index contributed by atoms with van der Waals surface area (Å²) in [6.07, 6.45) is 8.84. The number of carbonyl (C=O) groups is 2. The molecular weight excluding hydrogens is 374 g/mol. The molecule has 4 rings (SSSR count). The Morgan fingerprint density at radius 3 is 2.63 bits per heavy atom. The molecule has 5 nitrogen and oxygen atoms in total. The van der Waals surface area contributed by atoms with Crippen LogP contribution in [-0.4, -0.2) is 41.3 Å². The summed E-state index contributed by atoms with van der Waals surface area (Å²) in [5.74, 6) is 0.532. The van der Waals surface area contributed by atoms with Crippen LogP contribution in [0.1, 0.15) is 42.4 Å². The number of benzene rings is 1. The summed E-state index contributed by atoms with van der Waals surface area (Å²) in [5.41, 5.74) is 3.65. The molecule has 30 heavy (non-hydrogen) atoms. The van der Waals surface area contributed by atoms with Crippen molar-refractivity contribution >= 4 is 11.8 Å². The minimum atomic E-state index is 0.132. The predicted octanol–water partition coefficient (Wildman–Crippen LogP) is 3.31. The summed E-state index contributed by atoms with van der Waals surface area (Å²) in [4.78, 5) is 31.2. The Balaban J connectivity index is 1.18. The van der Waals surface area contributed by atoms with Crippen molar-refractivity contribution in [1.29, 1.82) is 0 Å². The van der Waals surface area contributed by atoms with E-state index < -0.39 is 0 Å². The molecular formula is C25H31N3O2. The van der Waals surface area contributed by atoms with Gasteiger partial charge in [-0.05, 0) is 67.7 Å². The van der Waals surface area contributed by atoms with E-state index in [1.807, 2.05) is 29.2 Å². The first kappa shape index (κ1) is 20.6. The Morgan fingerprint density at radius 1 is 1.13 bits per heavy atom. The van der Waals surface area contributed by atoms with Crippen molar-refractivity contribution in [2.75, 3.05) is 19.6 Å². The van der Waals surface area contributed by atoms with Crippen molar-refractivity contribution in [3.63, 3.8) is 0 Å². The second-order valence-electron chi connectivity index (χ2n) is 8.92. The van der Waals surface area contributed by atoms with Gasteiger partial charge in [0.25, 0.3) is 0 Å². The number of piperidine rings is 1. The second-order valence-corrected chi connectivity index (χ2v) is 8.92. The topological polar surface area (TPSA) is 62.3 Å². The molecule has 158 valence electrons. The number of aromatic nitrogens is 1. The predicted molar refractivity (Wildman–Crippen MR) is 117 cm³/mol. The fourth-order valence-electron chi connectivity index (χ4n) is 4.76. The molecule has 1 aliphatic heterocycles. The van der Waals surface area contributed by atoms with Crippen LogP contribution < -0.4 is 5.32 Å². The average molecular weight is 406 g/mol. The first-order valence-corrected chi connectivity index (χ1v) is 11.1. The molecule has 0 bridgehead atoms. The number of pyridine rings is 1. The number of amides is 2. The van der Waals surface area contributed by atoms with Crippen molar-refractivity contribution in [3.8, 4) is 0 Å². The standard InChI is InChI=1S/C25H31N3O2/c1-19-4-2-5-21(16-19)17-23(29)28-14-9-25(10-15-28)18-22(25)24(30)27-11-3-6-20-7-12-26-13-8-20/h2,4-5,7-8,12-13,16,22H,3,6,9-11,14-15,17-18H2,1H3,(H,27,30)/t22-/m0/s1. The minimum absolute atomic E-state index is 0.132. The Labute approximate surface area is 178 Å². The Hall–Kier alpha value is -2.69. The van der Waals surface area contributed by atoms with E-state index >= 15 is 0 Å². The molecule has 1 saturated carbocycles. The molecule has 1 aromatic carbocycles. The van der Waals surface area contributed by atoms with Crippen LogP contribution in [0.3, 0.4) is 0 Å². The van der Waals surface area contributed by atoms with E-state index in [2.05, 4.69) is 29.4 Å². The number of carbonyl (C=O) groups excluding carboxylic acids is 2. The summed E-state index contributed by atoms with van der Waals surface area (Å²) in [6.45, 7) is 4.32. The number of hydrogen-bond acceptors (Lipinski definition) is 3. The third-order valence-electron chi connectivity index (χ3n) is 6.75. The quantitative estimate of drug-likeness (QED) is 0.719. The molecule has 2 heterocycles. The maximum absolute atomic E-state index is 12.7. The molecule has 1 aliphatic carbocycles. The van der Waals surface area contributed by atoms with E-state index in [4.69, 9.17) is 0 Å². The van der Waals surface area contributed by atoms with Gasteiger partial charge in [0.2, 0.25) is 11.8 Å². The molecule has 1 N–H and O–H groups in total. The molecule has 0 unspecified atom stereocenters. The first-order chi connectivity index (χ1) is 14.6. The van der Waals surface area contributed by atoms with E-state index in [9.17, 15) is 9.59 Å². The van der Waals surface area contributed by atoms with E-state index in [-0.39, 0.29) is 23.1 Å². The molecule has 2 amide bonds. The van der Waals surface area contributed by atoms with Gasteiger partial charge in [-0.2, -0.15) is 0 Å². The van der Waals surface area contributed by atoms with Gasteiger partial charge in [-0.1, -0.05) is 29.8 Å². The van der Waals surface area contributed by atoms with E-state index in [1.54, 1.807) is 12.4 Å². The van der Waals surface area contributed by atoms with Crippen LogP contribution in [0.4, 0.5) is 0 Å². The van der Waals surface area contributed by atoms with Crippen LogP contribution in [0.5, 0.6) is 0 Å². The van der Waals surface area contributed by atoms with Gasteiger partial charge in [0.15, 0.2) is 0 Å². The number of nitrogens with zero attached hydrogens (tertiary/aromatic N) is 2. The molecule has 2 fully saturated rings. The van der Waals surface area contributed by atoms with Gasteiger partial charge in [0.05, 0.1) is 6.42 Å². The van der Waals surface area contributed by atoms with Gasteiger partial charge >= 0.3 is 0 Å². The Morgan fingerprint density at radius 2 is 1.90 bits per heavy atom. The number of nitrogens with one attached hydrogen (secondary N) is 1. The SMILES string of the molecule is Cc1cccc(CC(=O)N2CCC3(CC2)C[C@H]3C(=O)NCCCc2ccncc2)c1. The lowest BCUT2D eigenvalue weighted by molar-refractivity contribution is -0.132. The largest absolute Gasteiger partial charge is 0.356 e. The average Bonchev–Trinajstić information content (AvgIpc) is 3.45. The zero-order chi connectivity index (χ0) is 21.0. The van der Waals surface area contributed by atoms with Gasteiger partial charge in [-0.3, -0.25) is 14.6 Å². The van der Waals surface area contributed by atoms with Crippen LogP contribution in [0, 0.1) is 18.3 Å². The highest BCUT2D eigenvalue weighted by Crippen LogP contribution is 2.59. The highest BCUT2D eigenvalue weighted by molar-refractivity contribution is 5.83. The summed E-state index contributed by atoms with van der Waals surface area (Å²) in [5, 5.41) is 3.12. The van der Waals surface area contributed by atoms with Crippen molar-refractivity contribution < 1.29 is 9.59 Å². The maximum Gasteiger partial charge on any atom is 0.226 e. The summed E-state index contributed by atoms with van der Waals surface area (Å²) >= 11 is 0. The van der Waals surface area contributed by atoms with Crippen LogP contribution in [-0.2, 0) is 22.4 Å².